The summed E-state index contributed by atoms with van der Waals surface area (Å²) in [5, 5.41) is 2.97. The van der Waals surface area contributed by atoms with Crippen molar-refractivity contribution in [3.8, 4) is 0 Å². The summed E-state index contributed by atoms with van der Waals surface area (Å²) in [6.07, 6.45) is 3.57. The van der Waals surface area contributed by atoms with E-state index in [0.717, 1.165) is 58.8 Å². The number of amides is 2. The SMILES string of the molecule is O=C(NCCN1CCOCC1)C1(C(=O)N2CCCC2)CC1. The van der Waals surface area contributed by atoms with E-state index in [4.69, 9.17) is 4.74 Å². The van der Waals surface area contributed by atoms with Gasteiger partial charge in [-0.1, -0.05) is 0 Å². The van der Waals surface area contributed by atoms with E-state index in [-0.39, 0.29) is 11.8 Å². The van der Waals surface area contributed by atoms with Gasteiger partial charge in [-0.05, 0) is 25.7 Å². The Morgan fingerprint density at radius 3 is 2.33 bits per heavy atom. The minimum absolute atomic E-state index is 0.0591. The molecule has 2 amide bonds. The van der Waals surface area contributed by atoms with Crippen molar-refractivity contribution in [2.45, 2.75) is 25.7 Å². The first-order valence-corrected chi connectivity index (χ1v) is 8.10. The average Bonchev–Trinajstić information content (AvgIpc) is 3.15. The molecule has 2 saturated heterocycles. The lowest BCUT2D eigenvalue weighted by Gasteiger charge is -2.27. The smallest absolute Gasteiger partial charge is 0.238 e. The third-order valence-electron chi connectivity index (χ3n) is 4.80. The molecule has 2 heterocycles. The molecule has 0 bridgehead atoms. The summed E-state index contributed by atoms with van der Waals surface area (Å²) in [5.74, 6) is -0.00321. The summed E-state index contributed by atoms with van der Waals surface area (Å²) in [7, 11) is 0. The molecule has 1 saturated carbocycles. The molecule has 0 aromatic rings. The Bertz CT molecular complexity index is 397. The van der Waals surface area contributed by atoms with Gasteiger partial charge in [0.15, 0.2) is 0 Å². The van der Waals surface area contributed by atoms with Crippen LogP contribution in [0.4, 0.5) is 0 Å². The largest absolute Gasteiger partial charge is 0.379 e. The molecule has 118 valence electrons. The topological polar surface area (TPSA) is 61.9 Å². The number of ether oxygens (including phenoxy) is 1. The molecule has 0 atom stereocenters. The number of hydrogen-bond acceptors (Lipinski definition) is 4. The first-order chi connectivity index (χ1) is 10.2. The number of nitrogens with one attached hydrogen (secondary N) is 1. The Morgan fingerprint density at radius 2 is 1.71 bits per heavy atom. The molecule has 0 aromatic carbocycles. The molecule has 0 aromatic heterocycles. The lowest BCUT2D eigenvalue weighted by Crippen LogP contribution is -2.47. The molecule has 3 rings (SSSR count). The van der Waals surface area contributed by atoms with E-state index in [1.54, 1.807) is 0 Å². The first kappa shape index (κ1) is 14.8. The van der Waals surface area contributed by atoms with Crippen molar-refractivity contribution >= 4 is 11.8 Å². The maximum absolute atomic E-state index is 12.5. The number of hydrogen-bond donors (Lipinski definition) is 1. The maximum atomic E-state index is 12.5. The van der Waals surface area contributed by atoms with Gasteiger partial charge in [-0.25, -0.2) is 0 Å². The summed E-state index contributed by atoms with van der Waals surface area (Å²) in [6, 6.07) is 0. The van der Waals surface area contributed by atoms with Crippen molar-refractivity contribution < 1.29 is 14.3 Å². The zero-order valence-corrected chi connectivity index (χ0v) is 12.6. The Morgan fingerprint density at radius 1 is 1.05 bits per heavy atom. The lowest BCUT2D eigenvalue weighted by molar-refractivity contribution is -0.143. The molecule has 1 N–H and O–H groups in total. The number of likely N-dealkylation sites (tertiary alicyclic amines) is 1. The second-order valence-electron chi connectivity index (χ2n) is 6.29. The second-order valence-corrected chi connectivity index (χ2v) is 6.29. The van der Waals surface area contributed by atoms with E-state index in [9.17, 15) is 9.59 Å². The van der Waals surface area contributed by atoms with E-state index in [0.29, 0.717) is 19.4 Å². The van der Waals surface area contributed by atoms with Crippen LogP contribution in [0.1, 0.15) is 25.7 Å². The molecule has 6 nitrogen and oxygen atoms in total. The lowest BCUT2D eigenvalue weighted by atomic mass is 10.0. The highest BCUT2D eigenvalue weighted by Crippen LogP contribution is 2.47. The fourth-order valence-corrected chi connectivity index (χ4v) is 3.21. The van der Waals surface area contributed by atoms with Crippen molar-refractivity contribution in [1.29, 1.82) is 0 Å². The highest BCUT2D eigenvalue weighted by atomic mass is 16.5. The third-order valence-corrected chi connectivity index (χ3v) is 4.80. The highest BCUT2D eigenvalue weighted by molar-refractivity contribution is 6.07. The molecule has 1 aliphatic carbocycles. The first-order valence-electron chi connectivity index (χ1n) is 8.10. The van der Waals surface area contributed by atoms with E-state index in [1.165, 1.54) is 0 Å². The molecule has 21 heavy (non-hydrogen) atoms. The third kappa shape index (κ3) is 3.21. The molecule has 0 radical (unpaired) electrons. The minimum Gasteiger partial charge on any atom is -0.379 e. The number of morpholine rings is 1. The highest BCUT2D eigenvalue weighted by Gasteiger charge is 2.58. The maximum Gasteiger partial charge on any atom is 0.238 e. The van der Waals surface area contributed by atoms with Gasteiger partial charge in [0.1, 0.15) is 5.41 Å². The van der Waals surface area contributed by atoms with Gasteiger partial charge in [-0.2, -0.15) is 0 Å². The van der Waals surface area contributed by atoms with Crippen molar-refractivity contribution in [3.63, 3.8) is 0 Å². The normalized spacial score (nSPS) is 24.9. The van der Waals surface area contributed by atoms with Gasteiger partial charge in [0.25, 0.3) is 0 Å². The molecule has 2 aliphatic heterocycles. The van der Waals surface area contributed by atoms with Crippen LogP contribution in [0.5, 0.6) is 0 Å². The van der Waals surface area contributed by atoms with Crippen LogP contribution in [-0.2, 0) is 14.3 Å². The summed E-state index contributed by atoms with van der Waals surface area (Å²) < 4.78 is 5.30. The van der Waals surface area contributed by atoms with Crippen molar-refractivity contribution in [2.75, 3.05) is 52.5 Å². The Balaban J connectivity index is 1.44. The predicted molar refractivity (Wildman–Crippen MR) is 77.7 cm³/mol. The van der Waals surface area contributed by atoms with Crippen LogP contribution in [0.2, 0.25) is 0 Å². The van der Waals surface area contributed by atoms with Crippen LogP contribution < -0.4 is 5.32 Å². The van der Waals surface area contributed by atoms with E-state index in [1.807, 2.05) is 4.90 Å². The molecular formula is C15H25N3O3. The quantitative estimate of drug-likeness (QED) is 0.716. The Labute approximate surface area is 125 Å². The van der Waals surface area contributed by atoms with Crippen LogP contribution >= 0.6 is 0 Å². The number of rotatable bonds is 5. The monoisotopic (exact) mass is 295 g/mol. The van der Waals surface area contributed by atoms with Gasteiger partial charge in [-0.3, -0.25) is 14.5 Å². The molecule has 0 unspecified atom stereocenters. The molecule has 3 fully saturated rings. The fraction of sp³-hybridized carbons (Fsp3) is 0.867. The van der Waals surface area contributed by atoms with Gasteiger partial charge in [0.05, 0.1) is 13.2 Å². The zero-order valence-electron chi connectivity index (χ0n) is 12.6. The number of carbonyl (C=O) groups is 2. The van der Waals surface area contributed by atoms with Gasteiger partial charge in [0.2, 0.25) is 11.8 Å². The van der Waals surface area contributed by atoms with Crippen LogP contribution in [0.3, 0.4) is 0 Å². The van der Waals surface area contributed by atoms with E-state index >= 15 is 0 Å². The summed E-state index contributed by atoms with van der Waals surface area (Å²) in [5.41, 5.74) is -0.727. The Kier molecular flexibility index (Phi) is 4.45. The number of carbonyl (C=O) groups excluding carboxylic acids is 2. The van der Waals surface area contributed by atoms with Gasteiger partial charge in [-0.15, -0.1) is 0 Å². The summed E-state index contributed by atoms with van der Waals surface area (Å²) >= 11 is 0. The van der Waals surface area contributed by atoms with Crippen LogP contribution in [0.25, 0.3) is 0 Å². The molecular weight excluding hydrogens is 270 g/mol. The molecule has 6 heteroatoms. The van der Waals surface area contributed by atoms with Crippen LogP contribution in [0, 0.1) is 5.41 Å². The van der Waals surface area contributed by atoms with Crippen molar-refractivity contribution in [2.24, 2.45) is 5.41 Å². The summed E-state index contributed by atoms with van der Waals surface area (Å²) in [6.45, 7) is 6.48. The predicted octanol–water partition coefficient (Wildman–Crippen LogP) is -0.163. The average molecular weight is 295 g/mol. The van der Waals surface area contributed by atoms with Gasteiger partial charge < -0.3 is 15.0 Å². The van der Waals surface area contributed by atoms with E-state index in [2.05, 4.69) is 10.2 Å². The van der Waals surface area contributed by atoms with Gasteiger partial charge >= 0.3 is 0 Å². The minimum atomic E-state index is -0.727. The summed E-state index contributed by atoms with van der Waals surface area (Å²) in [4.78, 5) is 29.0. The van der Waals surface area contributed by atoms with E-state index < -0.39 is 5.41 Å². The standard InChI is InChI=1S/C15H25N3O3/c19-13(16-5-8-17-9-11-21-12-10-17)15(3-4-15)14(20)18-6-1-2-7-18/h1-12H2,(H,16,19). The van der Waals surface area contributed by atoms with Crippen LogP contribution in [0.15, 0.2) is 0 Å². The fourth-order valence-electron chi connectivity index (χ4n) is 3.21. The number of nitrogens with zero attached hydrogens (tertiary/aromatic N) is 2. The van der Waals surface area contributed by atoms with Crippen molar-refractivity contribution in [3.05, 3.63) is 0 Å². The van der Waals surface area contributed by atoms with Crippen LogP contribution in [-0.4, -0.2) is 74.1 Å². The second kappa shape index (κ2) is 6.32. The Hall–Kier alpha value is -1.14. The molecule has 0 spiro atoms. The van der Waals surface area contributed by atoms with Crippen molar-refractivity contribution in [1.82, 2.24) is 15.1 Å². The van der Waals surface area contributed by atoms with Gasteiger partial charge in [0, 0.05) is 39.3 Å². The molecule has 3 aliphatic rings. The zero-order chi connectivity index (χ0) is 14.7.